The van der Waals surface area contributed by atoms with Crippen molar-refractivity contribution in [2.75, 3.05) is 0 Å². The molecule has 0 aliphatic carbocycles. The molecule has 32 heavy (non-hydrogen) atoms. The van der Waals surface area contributed by atoms with Crippen molar-refractivity contribution in [2.45, 2.75) is 11.2 Å². The second kappa shape index (κ2) is 7.68. The van der Waals surface area contributed by atoms with Crippen LogP contribution in [0, 0.1) is 0 Å². The fraction of sp³-hybridized carbons (Fsp3) is 0.0833. The van der Waals surface area contributed by atoms with E-state index in [9.17, 15) is 19.8 Å². The summed E-state index contributed by atoms with van der Waals surface area (Å²) in [5.74, 6) is -1.88. The van der Waals surface area contributed by atoms with Gasteiger partial charge in [-0.05, 0) is 35.0 Å². The number of fused-ring (bicyclic) bond motifs is 2. The van der Waals surface area contributed by atoms with E-state index in [0.717, 1.165) is 22.7 Å². The molecule has 8 heteroatoms. The topological polar surface area (TPSA) is 93.1 Å². The normalized spacial score (nSPS) is 14.1. The summed E-state index contributed by atoms with van der Waals surface area (Å²) in [6.45, 7) is 0. The number of para-hydroxylation sites is 2. The number of aliphatic hydroxyl groups is 2. The summed E-state index contributed by atoms with van der Waals surface area (Å²) in [5.41, 5.74) is -4.19. The molecule has 4 aromatic rings. The molecule has 0 atom stereocenters. The first-order valence-corrected chi connectivity index (χ1v) is 11.4. The predicted octanol–water partition coefficient (Wildman–Crippen LogP) is 4.16. The summed E-state index contributed by atoms with van der Waals surface area (Å²) in [6.07, 6.45) is 0. The quantitative estimate of drug-likeness (QED) is 0.348. The van der Waals surface area contributed by atoms with Crippen molar-refractivity contribution in [2.24, 2.45) is 0 Å². The third kappa shape index (κ3) is 3.00. The van der Waals surface area contributed by atoms with E-state index < -0.39 is 23.1 Å². The summed E-state index contributed by atoms with van der Waals surface area (Å²) in [4.78, 5) is 27.3. The highest BCUT2D eigenvalue weighted by molar-refractivity contribution is 7.12. The number of hydrogen-bond donors (Lipinski definition) is 2. The Morgan fingerprint density at radius 3 is 1.78 bits per heavy atom. The molecule has 0 spiro atoms. The zero-order valence-electron chi connectivity index (χ0n) is 16.4. The van der Waals surface area contributed by atoms with Crippen molar-refractivity contribution in [1.29, 1.82) is 0 Å². The van der Waals surface area contributed by atoms with Gasteiger partial charge in [0.15, 0.2) is 0 Å². The van der Waals surface area contributed by atoms with Crippen molar-refractivity contribution in [3.05, 3.63) is 104 Å². The fourth-order valence-corrected chi connectivity index (χ4v) is 5.43. The molecule has 2 aromatic carbocycles. The summed E-state index contributed by atoms with van der Waals surface area (Å²) >= 11 is 2.31. The van der Waals surface area contributed by atoms with Gasteiger partial charge in [-0.1, -0.05) is 48.5 Å². The van der Waals surface area contributed by atoms with E-state index in [2.05, 4.69) is 0 Å². The Hall–Kier alpha value is -3.30. The molecule has 5 rings (SSSR count). The molecule has 2 N–H and O–H groups in total. The number of rotatable bonds is 4. The third-order valence-corrected chi connectivity index (χ3v) is 7.26. The van der Waals surface area contributed by atoms with Crippen LogP contribution in [0.2, 0.25) is 0 Å². The first-order valence-electron chi connectivity index (χ1n) is 9.62. The molecule has 1 aliphatic rings. The van der Waals surface area contributed by atoms with Gasteiger partial charge in [0.2, 0.25) is 11.2 Å². The highest BCUT2D eigenvalue weighted by Crippen LogP contribution is 2.47. The zero-order chi connectivity index (χ0) is 22.3. The number of ether oxygens (including phenoxy) is 2. The molecular formula is C24H16O6S2. The molecule has 0 radical (unpaired) electrons. The lowest BCUT2D eigenvalue weighted by Gasteiger charge is -2.34. The van der Waals surface area contributed by atoms with E-state index in [-0.39, 0.29) is 22.6 Å². The fourth-order valence-electron chi connectivity index (χ4n) is 3.72. The van der Waals surface area contributed by atoms with Gasteiger partial charge in [0, 0.05) is 11.1 Å². The van der Waals surface area contributed by atoms with Gasteiger partial charge in [0.25, 0.3) is 0 Å². The molecule has 0 amide bonds. The van der Waals surface area contributed by atoms with Gasteiger partial charge in [-0.3, -0.25) is 0 Å². The minimum absolute atomic E-state index is 0.146. The van der Waals surface area contributed by atoms with Crippen LogP contribution in [-0.4, -0.2) is 22.2 Å². The van der Waals surface area contributed by atoms with E-state index in [0.29, 0.717) is 9.75 Å². The van der Waals surface area contributed by atoms with Gasteiger partial charge in [0.05, 0.1) is 9.75 Å². The molecule has 0 saturated heterocycles. The van der Waals surface area contributed by atoms with Crippen LogP contribution in [0.15, 0.2) is 83.6 Å². The average molecular weight is 465 g/mol. The highest BCUT2D eigenvalue weighted by atomic mass is 32.1. The monoisotopic (exact) mass is 464 g/mol. The Balaban J connectivity index is 1.57. The van der Waals surface area contributed by atoms with Crippen LogP contribution in [0.5, 0.6) is 11.5 Å². The second-order valence-electron chi connectivity index (χ2n) is 7.15. The maximum Gasteiger partial charge on any atom is 0.357 e. The first kappa shape index (κ1) is 20.6. The van der Waals surface area contributed by atoms with Gasteiger partial charge in [-0.25, -0.2) is 9.59 Å². The average Bonchev–Trinajstić information content (AvgIpc) is 3.53. The van der Waals surface area contributed by atoms with Crippen molar-refractivity contribution in [3.8, 4) is 11.5 Å². The third-order valence-electron chi connectivity index (χ3n) is 5.31. The Morgan fingerprint density at radius 1 is 0.812 bits per heavy atom. The molecule has 0 bridgehead atoms. The van der Waals surface area contributed by atoms with E-state index in [4.69, 9.17) is 9.47 Å². The molecule has 1 aliphatic heterocycles. The van der Waals surface area contributed by atoms with Crippen LogP contribution in [0.4, 0.5) is 0 Å². The Morgan fingerprint density at radius 2 is 1.31 bits per heavy atom. The van der Waals surface area contributed by atoms with Gasteiger partial charge < -0.3 is 19.7 Å². The first-order chi connectivity index (χ1) is 15.5. The Bertz CT molecular complexity index is 1210. The number of hydrogen-bond acceptors (Lipinski definition) is 8. The van der Waals surface area contributed by atoms with Crippen LogP contribution >= 0.6 is 22.7 Å². The number of thiophene rings is 2. The van der Waals surface area contributed by atoms with Crippen LogP contribution in [0.25, 0.3) is 0 Å². The van der Waals surface area contributed by atoms with E-state index in [1.54, 1.807) is 71.4 Å². The van der Waals surface area contributed by atoms with Gasteiger partial charge in [0.1, 0.15) is 11.5 Å². The SMILES string of the molecule is O=C(OC(=O)C1(O)c2ccccc2Oc2ccccc21)C(O)(c1cccs1)c1cccs1. The Labute approximate surface area is 190 Å². The second-order valence-corrected chi connectivity index (χ2v) is 9.04. The van der Waals surface area contributed by atoms with Crippen LogP contribution in [-0.2, 0) is 25.5 Å². The van der Waals surface area contributed by atoms with E-state index >= 15 is 0 Å². The minimum Gasteiger partial charge on any atom is -0.457 e. The largest absolute Gasteiger partial charge is 0.457 e. The lowest BCUT2D eigenvalue weighted by atomic mass is 9.83. The van der Waals surface area contributed by atoms with Crippen LogP contribution < -0.4 is 4.74 Å². The summed E-state index contributed by atoms with van der Waals surface area (Å²) in [5, 5.41) is 26.5. The highest BCUT2D eigenvalue weighted by Gasteiger charge is 2.52. The number of benzene rings is 2. The maximum absolute atomic E-state index is 13.4. The molecule has 2 aromatic heterocycles. The van der Waals surface area contributed by atoms with Crippen molar-refractivity contribution in [1.82, 2.24) is 0 Å². The van der Waals surface area contributed by atoms with Crippen molar-refractivity contribution >= 4 is 34.6 Å². The molecule has 160 valence electrons. The molecule has 0 unspecified atom stereocenters. The number of esters is 2. The minimum atomic E-state index is -2.30. The molecule has 6 nitrogen and oxygen atoms in total. The number of carbonyl (C=O) groups excluding carboxylic acids is 2. The van der Waals surface area contributed by atoms with Crippen LogP contribution in [0.3, 0.4) is 0 Å². The van der Waals surface area contributed by atoms with E-state index in [1.165, 1.54) is 12.1 Å². The van der Waals surface area contributed by atoms with Crippen molar-refractivity contribution in [3.63, 3.8) is 0 Å². The number of carbonyl (C=O) groups is 2. The van der Waals surface area contributed by atoms with Crippen LogP contribution in [0.1, 0.15) is 20.9 Å². The van der Waals surface area contributed by atoms with Gasteiger partial charge >= 0.3 is 11.9 Å². The molecular weight excluding hydrogens is 448 g/mol. The standard InChI is InChI=1S/C24H16O6S2/c25-21(30-22(26)24(28,19-11-5-13-31-19)20-12-6-14-32-20)23(27)15-7-1-3-9-17(15)29-18-10-4-2-8-16(18)23/h1-14,27-28H. The van der Waals surface area contributed by atoms with Gasteiger partial charge in [-0.2, -0.15) is 0 Å². The summed E-state index contributed by atoms with van der Waals surface area (Å²) < 4.78 is 11.0. The summed E-state index contributed by atoms with van der Waals surface area (Å²) in [6, 6.07) is 19.5. The van der Waals surface area contributed by atoms with Crippen molar-refractivity contribution < 1.29 is 29.3 Å². The van der Waals surface area contributed by atoms with E-state index in [1.807, 2.05) is 0 Å². The lowest BCUT2D eigenvalue weighted by molar-refractivity contribution is -0.181. The lowest BCUT2D eigenvalue weighted by Crippen LogP contribution is -2.45. The predicted molar refractivity (Wildman–Crippen MR) is 119 cm³/mol. The molecule has 3 heterocycles. The summed E-state index contributed by atoms with van der Waals surface area (Å²) in [7, 11) is 0. The molecule has 0 saturated carbocycles. The maximum atomic E-state index is 13.4. The smallest absolute Gasteiger partial charge is 0.357 e. The Kier molecular flexibility index (Phi) is 4.94. The zero-order valence-corrected chi connectivity index (χ0v) is 18.1. The van der Waals surface area contributed by atoms with Gasteiger partial charge in [-0.15, -0.1) is 22.7 Å². The molecule has 0 fully saturated rings.